The van der Waals surface area contributed by atoms with Gasteiger partial charge in [-0.1, -0.05) is 70.4 Å². The lowest BCUT2D eigenvalue weighted by Crippen LogP contribution is -2.26. The first-order valence-electron chi connectivity index (χ1n) is 11.5. The zero-order chi connectivity index (χ0) is 18.2. The molecule has 0 amide bonds. The van der Waals surface area contributed by atoms with Gasteiger partial charge in [0.05, 0.1) is 0 Å². The topological polar surface area (TPSA) is 20.2 Å². The molecule has 1 aromatic rings. The Bertz CT molecular complexity index is 489. The molecule has 0 aromatic heterocycles. The molecule has 2 aliphatic carbocycles. The number of benzene rings is 1. The van der Waals surface area contributed by atoms with Crippen LogP contribution in [-0.2, 0) is 6.42 Å². The fraction of sp³-hybridized carbons (Fsp3) is 0.760. The molecule has 26 heavy (non-hydrogen) atoms. The van der Waals surface area contributed by atoms with Crippen LogP contribution in [0.2, 0.25) is 0 Å². The summed E-state index contributed by atoms with van der Waals surface area (Å²) in [6.45, 7) is 2.32. The Balaban J connectivity index is 1.32. The van der Waals surface area contributed by atoms with Gasteiger partial charge in [-0.05, 0) is 79.9 Å². The van der Waals surface area contributed by atoms with E-state index in [1.165, 1.54) is 95.5 Å². The van der Waals surface area contributed by atoms with E-state index in [9.17, 15) is 5.11 Å². The molecular weight excluding hydrogens is 316 g/mol. The number of rotatable bonds is 8. The Labute approximate surface area is 161 Å². The standard InChI is InChI=1S/C25H40O/c1-2-3-4-5-20-8-14-23(15-9-20)24-16-10-21(11-17-24)6-7-22-12-18-25(26)19-13-22/h12-13,18-21,23-24,26H,2-11,14-17H2,1H3/t20-,21-,23-,24-. The number of hydrogen-bond donors (Lipinski definition) is 1. The van der Waals surface area contributed by atoms with Crippen LogP contribution in [0, 0.1) is 23.7 Å². The van der Waals surface area contributed by atoms with Crippen LogP contribution in [0.15, 0.2) is 24.3 Å². The summed E-state index contributed by atoms with van der Waals surface area (Å²) in [5.41, 5.74) is 1.38. The van der Waals surface area contributed by atoms with Crippen LogP contribution in [-0.4, -0.2) is 5.11 Å². The maximum atomic E-state index is 9.40. The molecule has 0 heterocycles. The van der Waals surface area contributed by atoms with Crippen molar-refractivity contribution in [3.8, 4) is 5.75 Å². The molecule has 0 spiro atoms. The van der Waals surface area contributed by atoms with Crippen LogP contribution >= 0.6 is 0 Å². The third kappa shape index (κ3) is 6.03. The van der Waals surface area contributed by atoms with Gasteiger partial charge in [0.15, 0.2) is 0 Å². The van der Waals surface area contributed by atoms with Gasteiger partial charge < -0.3 is 5.11 Å². The van der Waals surface area contributed by atoms with E-state index < -0.39 is 0 Å². The molecule has 0 aliphatic heterocycles. The van der Waals surface area contributed by atoms with Crippen LogP contribution in [0.1, 0.15) is 96.0 Å². The van der Waals surface area contributed by atoms with Crippen LogP contribution in [0.25, 0.3) is 0 Å². The molecule has 146 valence electrons. The van der Waals surface area contributed by atoms with Crippen LogP contribution in [0.4, 0.5) is 0 Å². The first kappa shape index (κ1) is 19.8. The Morgan fingerprint density at radius 2 is 1.27 bits per heavy atom. The van der Waals surface area contributed by atoms with Crippen molar-refractivity contribution in [1.29, 1.82) is 0 Å². The van der Waals surface area contributed by atoms with E-state index in [0.717, 1.165) is 23.7 Å². The summed E-state index contributed by atoms with van der Waals surface area (Å²) >= 11 is 0. The zero-order valence-corrected chi connectivity index (χ0v) is 17.0. The Kier molecular flexibility index (Phi) is 7.89. The number of hydrogen-bond acceptors (Lipinski definition) is 1. The maximum Gasteiger partial charge on any atom is 0.115 e. The van der Waals surface area contributed by atoms with Gasteiger partial charge >= 0.3 is 0 Å². The largest absolute Gasteiger partial charge is 0.508 e. The molecule has 1 heteroatoms. The summed E-state index contributed by atoms with van der Waals surface area (Å²) in [4.78, 5) is 0. The molecule has 3 rings (SSSR count). The molecule has 0 atom stereocenters. The molecule has 2 aliphatic rings. The molecule has 1 N–H and O–H groups in total. The number of phenolic OH excluding ortho intramolecular Hbond substituents is 1. The third-order valence-electron chi connectivity index (χ3n) is 7.44. The lowest BCUT2D eigenvalue weighted by molar-refractivity contribution is 0.140. The summed E-state index contributed by atoms with van der Waals surface area (Å²) in [6, 6.07) is 7.81. The predicted octanol–water partition coefficient (Wildman–Crippen LogP) is 7.52. The van der Waals surface area contributed by atoms with Gasteiger partial charge in [-0.3, -0.25) is 0 Å². The van der Waals surface area contributed by atoms with Crippen molar-refractivity contribution >= 4 is 0 Å². The van der Waals surface area contributed by atoms with Crippen molar-refractivity contribution < 1.29 is 5.11 Å². The fourth-order valence-corrected chi connectivity index (χ4v) is 5.61. The second-order valence-electron chi connectivity index (χ2n) is 9.26. The van der Waals surface area contributed by atoms with Crippen molar-refractivity contribution in [3.05, 3.63) is 29.8 Å². The van der Waals surface area contributed by atoms with Crippen molar-refractivity contribution in [2.24, 2.45) is 23.7 Å². The lowest BCUT2D eigenvalue weighted by Gasteiger charge is -2.38. The van der Waals surface area contributed by atoms with Crippen molar-refractivity contribution in [2.45, 2.75) is 96.8 Å². The molecule has 0 saturated heterocycles. The van der Waals surface area contributed by atoms with Crippen molar-refractivity contribution in [1.82, 2.24) is 0 Å². The van der Waals surface area contributed by atoms with Gasteiger partial charge in [0.2, 0.25) is 0 Å². The molecule has 1 aromatic carbocycles. The first-order valence-corrected chi connectivity index (χ1v) is 11.5. The zero-order valence-electron chi connectivity index (χ0n) is 17.0. The predicted molar refractivity (Wildman–Crippen MR) is 111 cm³/mol. The Hall–Kier alpha value is -0.980. The summed E-state index contributed by atoms with van der Waals surface area (Å²) in [5.74, 6) is 4.46. The highest BCUT2D eigenvalue weighted by Gasteiger charge is 2.30. The van der Waals surface area contributed by atoms with Crippen molar-refractivity contribution in [3.63, 3.8) is 0 Å². The quantitative estimate of drug-likeness (QED) is 0.477. The van der Waals surface area contributed by atoms with Crippen molar-refractivity contribution in [2.75, 3.05) is 0 Å². The third-order valence-corrected chi connectivity index (χ3v) is 7.44. The minimum atomic E-state index is 0.384. The van der Waals surface area contributed by atoms with E-state index in [0.29, 0.717) is 5.75 Å². The summed E-state index contributed by atoms with van der Waals surface area (Å²) < 4.78 is 0. The van der Waals surface area contributed by atoms with Gasteiger partial charge in [0.25, 0.3) is 0 Å². The second-order valence-corrected chi connectivity index (χ2v) is 9.26. The fourth-order valence-electron chi connectivity index (χ4n) is 5.61. The molecule has 1 nitrogen and oxygen atoms in total. The van der Waals surface area contributed by atoms with Gasteiger partial charge in [-0.15, -0.1) is 0 Å². The average Bonchev–Trinajstić information content (AvgIpc) is 2.69. The molecule has 0 unspecified atom stereocenters. The van der Waals surface area contributed by atoms with E-state index in [4.69, 9.17) is 0 Å². The summed E-state index contributed by atoms with van der Waals surface area (Å²) in [7, 11) is 0. The van der Waals surface area contributed by atoms with E-state index >= 15 is 0 Å². The van der Waals surface area contributed by atoms with Crippen LogP contribution < -0.4 is 0 Å². The normalized spacial score (nSPS) is 29.6. The number of unbranched alkanes of at least 4 members (excludes halogenated alkanes) is 2. The SMILES string of the molecule is CCCCC[C@H]1CC[C@H]([C@H]2CC[C@H](CCc3ccc(O)cc3)CC2)CC1. The molecular formula is C25H40O. The van der Waals surface area contributed by atoms with Crippen LogP contribution in [0.5, 0.6) is 5.75 Å². The molecule has 2 fully saturated rings. The van der Waals surface area contributed by atoms with E-state index in [1.807, 2.05) is 12.1 Å². The monoisotopic (exact) mass is 356 g/mol. The Morgan fingerprint density at radius 1 is 0.731 bits per heavy atom. The van der Waals surface area contributed by atoms with Gasteiger partial charge in [-0.2, -0.15) is 0 Å². The minimum Gasteiger partial charge on any atom is -0.508 e. The number of aryl methyl sites for hydroxylation is 1. The number of phenols is 1. The van der Waals surface area contributed by atoms with Gasteiger partial charge in [0.1, 0.15) is 5.75 Å². The average molecular weight is 357 g/mol. The van der Waals surface area contributed by atoms with Crippen LogP contribution in [0.3, 0.4) is 0 Å². The molecule has 2 saturated carbocycles. The lowest BCUT2D eigenvalue weighted by atomic mass is 9.68. The second kappa shape index (κ2) is 10.4. The summed E-state index contributed by atoms with van der Waals surface area (Å²) in [5, 5.41) is 9.40. The smallest absolute Gasteiger partial charge is 0.115 e. The highest BCUT2D eigenvalue weighted by Crippen LogP contribution is 2.43. The Morgan fingerprint density at radius 3 is 1.81 bits per heavy atom. The van der Waals surface area contributed by atoms with E-state index in [1.54, 1.807) is 0 Å². The maximum absolute atomic E-state index is 9.40. The molecule has 0 bridgehead atoms. The molecule has 0 radical (unpaired) electrons. The van der Waals surface area contributed by atoms with E-state index in [2.05, 4.69) is 19.1 Å². The number of aromatic hydroxyl groups is 1. The minimum absolute atomic E-state index is 0.384. The highest BCUT2D eigenvalue weighted by molar-refractivity contribution is 5.25. The van der Waals surface area contributed by atoms with E-state index in [-0.39, 0.29) is 0 Å². The highest BCUT2D eigenvalue weighted by atomic mass is 16.3. The van der Waals surface area contributed by atoms with Gasteiger partial charge in [0, 0.05) is 0 Å². The summed E-state index contributed by atoms with van der Waals surface area (Å²) in [6.07, 6.45) is 20.3. The first-order chi connectivity index (χ1) is 12.7. The van der Waals surface area contributed by atoms with Gasteiger partial charge in [-0.25, -0.2) is 0 Å².